The van der Waals surface area contributed by atoms with E-state index in [1.165, 1.54) is 31.9 Å². The zero-order chi connectivity index (χ0) is 27.2. The van der Waals surface area contributed by atoms with Crippen LogP contribution in [0.2, 0.25) is 0 Å². The second kappa shape index (κ2) is 12.0. The van der Waals surface area contributed by atoms with E-state index in [1.54, 1.807) is 56.6 Å². The number of amidine groups is 1. The average molecular weight is 546 g/mol. The quantitative estimate of drug-likeness (QED) is 0.296. The number of rotatable bonds is 10. The topological polar surface area (TPSA) is 133 Å². The second-order valence-corrected chi connectivity index (χ2v) is 10.6. The highest BCUT2D eigenvalue weighted by atomic mass is 35.5. The molecule has 2 heterocycles. The van der Waals surface area contributed by atoms with Gasteiger partial charge in [0.05, 0.1) is 19.5 Å². The molecule has 3 aromatic rings. The number of allylic oxidation sites excluding steroid dienone is 1. The van der Waals surface area contributed by atoms with Crippen molar-refractivity contribution in [2.45, 2.75) is 26.0 Å². The van der Waals surface area contributed by atoms with Crippen molar-refractivity contribution in [2.75, 3.05) is 18.9 Å². The number of benzene rings is 1. The molecule has 3 rings (SSSR count). The number of sulfonamides is 1. The molecule has 0 amide bonds. The van der Waals surface area contributed by atoms with E-state index >= 15 is 0 Å². The van der Waals surface area contributed by atoms with Crippen molar-refractivity contribution >= 4 is 40.1 Å². The highest BCUT2D eigenvalue weighted by molar-refractivity contribution is 7.93. The summed E-state index contributed by atoms with van der Waals surface area (Å²) in [6, 6.07) is 8.71. The van der Waals surface area contributed by atoms with Crippen LogP contribution in [-0.2, 0) is 10.0 Å². The molecular weight excluding hydrogens is 518 g/mol. The molecule has 0 spiro atoms. The van der Waals surface area contributed by atoms with Crippen molar-refractivity contribution in [3.63, 3.8) is 0 Å². The molecule has 13 heteroatoms. The van der Waals surface area contributed by atoms with Gasteiger partial charge in [0, 0.05) is 35.1 Å². The number of anilines is 1. The van der Waals surface area contributed by atoms with Crippen molar-refractivity contribution < 1.29 is 17.9 Å². The summed E-state index contributed by atoms with van der Waals surface area (Å²) < 4.78 is 42.2. The zero-order valence-electron chi connectivity index (χ0n) is 21.1. The minimum absolute atomic E-state index is 0.0674. The fourth-order valence-electron chi connectivity index (χ4n) is 3.45. The van der Waals surface area contributed by atoms with Gasteiger partial charge in [0.1, 0.15) is 23.0 Å². The summed E-state index contributed by atoms with van der Waals surface area (Å²) in [4.78, 5) is 12.2. The van der Waals surface area contributed by atoms with Crippen LogP contribution in [0.5, 0.6) is 11.5 Å². The van der Waals surface area contributed by atoms with Gasteiger partial charge in [-0.25, -0.2) is 18.4 Å². The maximum absolute atomic E-state index is 13.5. The molecule has 2 atom stereocenters. The molecule has 11 nitrogen and oxygen atoms in total. The highest BCUT2D eigenvalue weighted by Gasteiger charge is 2.32. The Labute approximate surface area is 221 Å². The molecule has 196 valence electrons. The Hall–Kier alpha value is -3.77. The number of methoxy groups -OCH3 is 2. The Bertz CT molecular complexity index is 1400. The van der Waals surface area contributed by atoms with Crippen LogP contribution in [0.3, 0.4) is 0 Å². The SMILES string of the molecule is C=N/C(=N\C=C(/C)Cl)[C@H](C)[C@@H](C)S(=O)(=O)Nc1nnc(-c2cccnc2)n1-c1c(OC)cccc1OC. The first-order valence-corrected chi connectivity index (χ1v) is 13.0. The predicted molar refractivity (Wildman–Crippen MR) is 145 cm³/mol. The Morgan fingerprint density at radius 3 is 2.38 bits per heavy atom. The maximum atomic E-state index is 13.5. The lowest BCUT2D eigenvalue weighted by molar-refractivity contribution is 0.391. The van der Waals surface area contributed by atoms with Crippen molar-refractivity contribution in [2.24, 2.45) is 15.9 Å². The molecule has 0 aliphatic rings. The summed E-state index contributed by atoms with van der Waals surface area (Å²) >= 11 is 5.86. The second-order valence-electron chi connectivity index (χ2n) is 7.94. The van der Waals surface area contributed by atoms with Crippen LogP contribution in [0.15, 0.2) is 63.9 Å². The van der Waals surface area contributed by atoms with E-state index in [0.717, 1.165) is 0 Å². The molecule has 0 bridgehead atoms. The first-order valence-electron chi connectivity index (χ1n) is 11.1. The van der Waals surface area contributed by atoms with Gasteiger partial charge in [-0.3, -0.25) is 14.3 Å². The van der Waals surface area contributed by atoms with Gasteiger partial charge in [0.25, 0.3) is 0 Å². The Morgan fingerprint density at radius 2 is 1.84 bits per heavy atom. The molecule has 0 aliphatic heterocycles. The number of para-hydroxylation sites is 1. The summed E-state index contributed by atoms with van der Waals surface area (Å²) in [5, 5.41) is 7.87. The third-order valence-corrected chi connectivity index (χ3v) is 7.53. The normalized spacial score (nSPS) is 14.1. The largest absolute Gasteiger partial charge is 0.494 e. The van der Waals surface area contributed by atoms with E-state index in [0.29, 0.717) is 33.6 Å². The maximum Gasteiger partial charge on any atom is 0.243 e. The fourth-order valence-corrected chi connectivity index (χ4v) is 4.73. The third-order valence-electron chi connectivity index (χ3n) is 5.58. The van der Waals surface area contributed by atoms with Crippen LogP contribution in [-0.4, -0.2) is 60.2 Å². The highest BCUT2D eigenvalue weighted by Crippen LogP contribution is 2.37. The van der Waals surface area contributed by atoms with Crippen molar-refractivity contribution in [3.8, 4) is 28.6 Å². The van der Waals surface area contributed by atoms with Gasteiger partial charge in [-0.15, -0.1) is 10.2 Å². The van der Waals surface area contributed by atoms with E-state index in [4.69, 9.17) is 21.1 Å². The number of hydrogen-bond acceptors (Lipinski definition) is 8. The molecule has 1 N–H and O–H groups in total. The number of halogens is 1. The van der Waals surface area contributed by atoms with Crippen molar-refractivity contribution in [3.05, 3.63) is 54.0 Å². The molecule has 0 saturated carbocycles. The molecule has 0 unspecified atom stereocenters. The van der Waals surface area contributed by atoms with E-state index < -0.39 is 21.2 Å². The van der Waals surface area contributed by atoms with E-state index in [-0.39, 0.29) is 11.8 Å². The van der Waals surface area contributed by atoms with Crippen LogP contribution in [0.25, 0.3) is 17.1 Å². The standard InChI is InChI=1S/C24H28ClN7O4S/c1-15(25)13-28-22(26-4)16(2)17(3)37(33,34)31-24-30-29-23(18-9-8-12-27-14-18)32(24)21-19(35-5)10-7-11-20(21)36-6/h7-14,16-17H,4H2,1-3,5-6H3,(H,30,31)/b15-13+,28-22-/t16-,17-/m1/s1. The predicted octanol–water partition coefficient (Wildman–Crippen LogP) is 4.31. The number of hydrogen-bond donors (Lipinski definition) is 1. The van der Waals surface area contributed by atoms with E-state index in [1.807, 2.05) is 0 Å². The first kappa shape index (κ1) is 27.8. The monoisotopic (exact) mass is 545 g/mol. The molecule has 2 aromatic heterocycles. The van der Waals surface area contributed by atoms with Gasteiger partial charge in [-0.2, -0.15) is 0 Å². The van der Waals surface area contributed by atoms with Gasteiger partial charge in [0.15, 0.2) is 5.82 Å². The van der Waals surface area contributed by atoms with Crippen LogP contribution in [0.4, 0.5) is 5.95 Å². The zero-order valence-corrected chi connectivity index (χ0v) is 22.7. The van der Waals surface area contributed by atoms with Gasteiger partial charge < -0.3 is 9.47 Å². The molecule has 0 fully saturated rings. The van der Waals surface area contributed by atoms with Crippen molar-refractivity contribution in [1.82, 2.24) is 19.7 Å². The Balaban J connectivity index is 2.14. The number of aliphatic imine (C=N–C) groups is 2. The number of ether oxygens (including phenoxy) is 2. The molecule has 37 heavy (non-hydrogen) atoms. The van der Waals surface area contributed by atoms with Crippen molar-refractivity contribution in [1.29, 1.82) is 0 Å². The molecule has 0 saturated heterocycles. The van der Waals surface area contributed by atoms with E-state index in [9.17, 15) is 8.42 Å². The lowest BCUT2D eigenvalue weighted by atomic mass is 10.1. The van der Waals surface area contributed by atoms with Gasteiger partial charge >= 0.3 is 0 Å². The van der Waals surface area contributed by atoms with Gasteiger partial charge in [0.2, 0.25) is 16.0 Å². The fraction of sp³-hybridized carbons (Fsp3) is 0.292. The van der Waals surface area contributed by atoms with Crippen LogP contribution < -0.4 is 14.2 Å². The number of aromatic nitrogens is 4. The molecule has 0 radical (unpaired) electrons. The minimum Gasteiger partial charge on any atom is -0.494 e. The van der Waals surface area contributed by atoms with Crippen LogP contribution in [0.1, 0.15) is 20.8 Å². The summed E-state index contributed by atoms with van der Waals surface area (Å²) in [5.41, 5.74) is 1.01. The number of nitrogens with one attached hydrogen (secondary N) is 1. The molecule has 1 aromatic carbocycles. The number of nitrogens with zero attached hydrogens (tertiary/aromatic N) is 6. The third kappa shape index (κ3) is 6.15. The minimum atomic E-state index is -4.04. The lowest BCUT2D eigenvalue weighted by Crippen LogP contribution is -2.35. The summed E-state index contributed by atoms with van der Waals surface area (Å²) in [7, 11) is -1.04. The number of pyridine rings is 1. The van der Waals surface area contributed by atoms with Crippen LogP contribution >= 0.6 is 11.6 Å². The van der Waals surface area contributed by atoms with Crippen LogP contribution in [0, 0.1) is 5.92 Å². The molecule has 0 aliphatic carbocycles. The summed E-state index contributed by atoms with van der Waals surface area (Å²) in [6.07, 6.45) is 4.60. The summed E-state index contributed by atoms with van der Waals surface area (Å²) in [5.74, 6) is 0.688. The first-order chi connectivity index (χ1) is 17.6. The van der Waals surface area contributed by atoms with Gasteiger partial charge in [-0.1, -0.05) is 24.6 Å². The lowest BCUT2D eigenvalue weighted by Gasteiger charge is -2.21. The molecular formula is C24H28ClN7O4S. The Morgan fingerprint density at radius 1 is 1.16 bits per heavy atom. The smallest absolute Gasteiger partial charge is 0.243 e. The van der Waals surface area contributed by atoms with Gasteiger partial charge in [-0.05, 0) is 44.8 Å². The summed E-state index contributed by atoms with van der Waals surface area (Å²) in [6.45, 7) is 8.38. The average Bonchev–Trinajstić information content (AvgIpc) is 3.30. The Kier molecular flexibility index (Phi) is 9.00. The van der Waals surface area contributed by atoms with E-state index in [2.05, 4.69) is 36.6 Å².